The molecule has 20 heavy (non-hydrogen) atoms. The maximum absolute atomic E-state index is 9.89. The fourth-order valence-corrected chi connectivity index (χ4v) is 2.54. The van der Waals surface area contributed by atoms with Gasteiger partial charge in [0, 0.05) is 11.6 Å². The number of fused-ring (bicyclic) bond motifs is 1. The number of aryl methyl sites for hydroxylation is 2. The van der Waals surface area contributed by atoms with Crippen LogP contribution in [0.15, 0.2) is 48.7 Å². The Morgan fingerprint density at radius 2 is 1.70 bits per heavy atom. The molecule has 0 radical (unpaired) electrons. The zero-order valence-corrected chi connectivity index (χ0v) is 12.0. The summed E-state index contributed by atoms with van der Waals surface area (Å²) in [5, 5.41) is 10.9. The second kappa shape index (κ2) is 5.71. The minimum atomic E-state index is 0. The first-order valence-electron chi connectivity index (χ1n) is 6.30. The van der Waals surface area contributed by atoms with Crippen molar-refractivity contribution < 1.29 is 25.4 Å². The van der Waals surface area contributed by atoms with Gasteiger partial charge in [-0.25, -0.2) is 0 Å². The third-order valence-corrected chi connectivity index (χ3v) is 3.28. The van der Waals surface area contributed by atoms with Crippen molar-refractivity contribution in [3.05, 3.63) is 59.8 Å². The summed E-state index contributed by atoms with van der Waals surface area (Å²) in [4.78, 5) is 4.26. The van der Waals surface area contributed by atoms with Crippen LogP contribution in [0.1, 0.15) is 12.6 Å². The van der Waals surface area contributed by atoms with Crippen LogP contribution in [0.3, 0.4) is 0 Å². The minimum absolute atomic E-state index is 0. The number of rotatable bonds is 1. The Morgan fingerprint density at radius 3 is 2.40 bits per heavy atom. The number of para-hydroxylation sites is 1. The fourth-order valence-electron chi connectivity index (χ4n) is 2.54. The fraction of sp³-hybridized carbons (Fsp3) is 0.118. The van der Waals surface area contributed by atoms with Crippen LogP contribution < -0.4 is 18.9 Å². The maximum atomic E-state index is 9.89. The molecule has 0 amide bonds. The predicted octanol–water partition coefficient (Wildman–Crippen LogP) is 1.34. The molecule has 0 aliphatic rings. The van der Waals surface area contributed by atoms with Gasteiger partial charge in [0.1, 0.15) is 11.3 Å². The van der Waals surface area contributed by atoms with E-state index in [-0.39, 0.29) is 26.0 Å². The van der Waals surface area contributed by atoms with E-state index in [0.29, 0.717) is 5.52 Å². The van der Waals surface area contributed by atoms with E-state index in [4.69, 9.17) is 0 Å². The Hall–Kier alpha value is -1.75. The smallest absolute Gasteiger partial charge is 1.00 e. The van der Waals surface area contributed by atoms with Gasteiger partial charge in [0.15, 0.2) is 0 Å². The van der Waals surface area contributed by atoms with Crippen molar-refractivity contribution in [2.24, 2.45) is 0 Å². The monoisotopic (exact) mass is 257 g/mol. The molecule has 0 atom stereocenters. The third-order valence-electron chi connectivity index (χ3n) is 3.28. The van der Waals surface area contributed by atoms with Crippen LogP contribution in [0.4, 0.5) is 0 Å². The molecule has 2 aromatic carbocycles. The number of nitrogens with zero attached hydrogens (tertiary/aromatic N) is 1. The Labute approximate surface area is 132 Å². The summed E-state index contributed by atoms with van der Waals surface area (Å²) >= 11 is 0. The summed E-state index contributed by atoms with van der Waals surface area (Å²) in [5.74, 6) is 0.226. The summed E-state index contributed by atoms with van der Waals surface area (Å²) in [6, 6.07) is 14.0. The van der Waals surface area contributed by atoms with Crippen LogP contribution >= 0.6 is 0 Å². The quantitative estimate of drug-likeness (QED) is 0.667. The van der Waals surface area contributed by atoms with Crippen molar-refractivity contribution in [3.8, 4) is 16.9 Å². The number of benzene rings is 2. The zero-order chi connectivity index (χ0) is 13.4. The van der Waals surface area contributed by atoms with Crippen molar-refractivity contribution >= 4 is 10.9 Å². The Morgan fingerprint density at radius 1 is 1.00 bits per heavy atom. The first kappa shape index (κ1) is 14.7. The van der Waals surface area contributed by atoms with Gasteiger partial charge in [-0.3, -0.25) is 4.98 Å². The van der Waals surface area contributed by atoms with Gasteiger partial charge in [-0.2, -0.15) is 0 Å². The Kier molecular flexibility index (Phi) is 4.18. The van der Waals surface area contributed by atoms with E-state index in [1.54, 1.807) is 12.3 Å². The van der Waals surface area contributed by atoms with E-state index in [1.807, 2.05) is 18.2 Å². The maximum Gasteiger partial charge on any atom is 1.00 e. The van der Waals surface area contributed by atoms with E-state index < -0.39 is 0 Å². The van der Waals surface area contributed by atoms with Gasteiger partial charge < -0.3 is 6.53 Å². The average molecular weight is 257 g/mol. The summed E-state index contributed by atoms with van der Waals surface area (Å²) in [5.41, 5.74) is 5.39. The molecule has 0 fully saturated rings. The standard InChI is InChI=1S/C17H15NO.Li.H/c1-11-8-12(2)10-13(9-11)14-6-7-18-17-15(14)4-3-5-16(17)19;;/h3-10,19H,1-2H3;;/q;+1;-1. The van der Waals surface area contributed by atoms with Crippen molar-refractivity contribution in [3.63, 3.8) is 0 Å². The molecule has 0 unspecified atom stereocenters. The van der Waals surface area contributed by atoms with Crippen LogP contribution in [-0.2, 0) is 0 Å². The van der Waals surface area contributed by atoms with Crippen LogP contribution in [0.25, 0.3) is 22.0 Å². The molecule has 3 heteroatoms. The van der Waals surface area contributed by atoms with Gasteiger partial charge in [-0.1, -0.05) is 41.5 Å². The number of aromatic hydroxyl groups is 1. The number of pyridine rings is 1. The molecule has 0 aliphatic carbocycles. The molecule has 0 saturated carbocycles. The largest absolute Gasteiger partial charge is 1.00 e. The number of phenols is 1. The molecule has 1 N–H and O–H groups in total. The minimum Gasteiger partial charge on any atom is -1.00 e. The molecule has 0 bridgehead atoms. The predicted molar refractivity (Wildman–Crippen MR) is 79.4 cm³/mol. The molecule has 0 saturated heterocycles. The second-order valence-corrected chi connectivity index (χ2v) is 4.91. The normalized spacial score (nSPS) is 10.3. The first-order valence-corrected chi connectivity index (χ1v) is 6.30. The molecule has 2 nitrogen and oxygen atoms in total. The average Bonchev–Trinajstić information content (AvgIpc) is 2.37. The Bertz CT molecular complexity index is 754. The van der Waals surface area contributed by atoms with Gasteiger partial charge >= 0.3 is 18.9 Å². The van der Waals surface area contributed by atoms with Gasteiger partial charge in [0.25, 0.3) is 0 Å². The molecule has 3 aromatic rings. The number of hydrogen-bond donors (Lipinski definition) is 1. The number of phenolic OH excluding ortho intramolecular Hbond substituents is 1. The van der Waals surface area contributed by atoms with Crippen molar-refractivity contribution in [1.82, 2.24) is 4.98 Å². The van der Waals surface area contributed by atoms with Gasteiger partial charge in [-0.15, -0.1) is 0 Å². The molecule has 0 spiro atoms. The first-order chi connectivity index (χ1) is 9.15. The molecule has 1 heterocycles. The summed E-state index contributed by atoms with van der Waals surface area (Å²) in [6.07, 6.45) is 1.75. The van der Waals surface area contributed by atoms with E-state index in [2.05, 4.69) is 37.0 Å². The summed E-state index contributed by atoms with van der Waals surface area (Å²) in [6.45, 7) is 4.19. The van der Waals surface area contributed by atoms with Crippen LogP contribution in [-0.4, -0.2) is 10.1 Å². The van der Waals surface area contributed by atoms with Crippen LogP contribution in [0.2, 0.25) is 0 Å². The van der Waals surface area contributed by atoms with E-state index >= 15 is 0 Å². The molecule has 96 valence electrons. The second-order valence-electron chi connectivity index (χ2n) is 4.91. The summed E-state index contributed by atoms with van der Waals surface area (Å²) < 4.78 is 0. The van der Waals surface area contributed by atoms with Gasteiger partial charge in [0.2, 0.25) is 0 Å². The van der Waals surface area contributed by atoms with Crippen LogP contribution in [0.5, 0.6) is 5.75 Å². The van der Waals surface area contributed by atoms with Gasteiger partial charge in [0.05, 0.1) is 0 Å². The summed E-state index contributed by atoms with van der Waals surface area (Å²) in [7, 11) is 0. The zero-order valence-electron chi connectivity index (χ0n) is 13.0. The third kappa shape index (κ3) is 2.58. The van der Waals surface area contributed by atoms with Crippen molar-refractivity contribution in [2.75, 3.05) is 0 Å². The molecule has 3 rings (SSSR count). The number of aromatic nitrogens is 1. The van der Waals surface area contributed by atoms with Crippen molar-refractivity contribution in [2.45, 2.75) is 13.8 Å². The van der Waals surface area contributed by atoms with Crippen molar-refractivity contribution in [1.29, 1.82) is 0 Å². The molecule has 1 aromatic heterocycles. The number of hydrogen-bond acceptors (Lipinski definition) is 2. The van der Waals surface area contributed by atoms with Gasteiger partial charge in [-0.05, 0) is 37.1 Å². The molecular formula is C17H16LiNO. The molecule has 0 aliphatic heterocycles. The molecular weight excluding hydrogens is 241 g/mol. The SMILES string of the molecule is Cc1cc(C)cc(-c2ccnc3c(O)cccc23)c1.[H-].[Li+]. The van der Waals surface area contributed by atoms with E-state index in [1.165, 1.54) is 11.1 Å². The Balaban J connectivity index is 0.00000110. The van der Waals surface area contributed by atoms with E-state index in [9.17, 15) is 5.11 Å². The topological polar surface area (TPSA) is 33.1 Å². The van der Waals surface area contributed by atoms with Crippen LogP contribution in [0, 0.1) is 13.8 Å². The van der Waals surface area contributed by atoms with E-state index in [0.717, 1.165) is 16.5 Å².